The molecule has 2 aliphatic rings. The van der Waals surface area contributed by atoms with Gasteiger partial charge in [0.05, 0.1) is 0 Å². The maximum Gasteiger partial charge on any atom is 0.0448 e. The number of benzene rings is 5. The zero-order chi connectivity index (χ0) is 24.9. The molecule has 1 saturated heterocycles. The number of nitrogens with one attached hydrogen (secondary N) is 1. The second-order valence-corrected chi connectivity index (χ2v) is 10.5. The van der Waals surface area contributed by atoms with Gasteiger partial charge in [0, 0.05) is 29.8 Å². The van der Waals surface area contributed by atoms with Gasteiger partial charge in [-0.1, -0.05) is 110 Å². The average molecular weight is 479 g/mol. The van der Waals surface area contributed by atoms with Crippen molar-refractivity contribution < 1.29 is 0 Å². The van der Waals surface area contributed by atoms with Gasteiger partial charge in [-0.05, 0) is 67.4 Å². The van der Waals surface area contributed by atoms with E-state index >= 15 is 0 Å². The smallest absolute Gasteiger partial charge is 0.0448 e. The van der Waals surface area contributed by atoms with E-state index in [2.05, 4.69) is 128 Å². The molecular weight excluding hydrogens is 448 g/mol. The summed E-state index contributed by atoms with van der Waals surface area (Å²) in [5, 5.41) is 8.55. The summed E-state index contributed by atoms with van der Waals surface area (Å²) in [4.78, 5) is 0. The zero-order valence-corrected chi connectivity index (χ0v) is 21.0. The van der Waals surface area contributed by atoms with Crippen molar-refractivity contribution in [1.82, 2.24) is 5.32 Å². The van der Waals surface area contributed by atoms with Crippen LogP contribution in [0.15, 0.2) is 121 Å². The van der Waals surface area contributed by atoms with Crippen LogP contribution < -0.4 is 11.1 Å². The largest absolute Gasteiger partial charge is 0.398 e. The molecule has 5 aromatic carbocycles. The van der Waals surface area contributed by atoms with Crippen LogP contribution in [0.5, 0.6) is 0 Å². The fourth-order valence-electron chi connectivity index (χ4n) is 5.99. The van der Waals surface area contributed by atoms with Gasteiger partial charge >= 0.3 is 0 Å². The average Bonchev–Trinajstić information content (AvgIpc) is 3.78. The van der Waals surface area contributed by atoms with Crippen LogP contribution in [0.2, 0.25) is 0 Å². The van der Waals surface area contributed by atoms with Crippen LogP contribution in [0.1, 0.15) is 35.6 Å². The van der Waals surface area contributed by atoms with Crippen molar-refractivity contribution in [1.29, 1.82) is 0 Å². The molecule has 5 aromatic rings. The molecule has 2 nitrogen and oxygen atoms in total. The quantitative estimate of drug-likeness (QED) is 0.257. The minimum Gasteiger partial charge on any atom is -0.398 e. The molecule has 2 heteroatoms. The summed E-state index contributed by atoms with van der Waals surface area (Å²) >= 11 is 0. The molecule has 3 atom stereocenters. The molecule has 7 rings (SSSR count). The number of rotatable bonds is 4. The zero-order valence-electron chi connectivity index (χ0n) is 21.0. The monoisotopic (exact) mass is 478 g/mol. The van der Waals surface area contributed by atoms with Crippen molar-refractivity contribution in [2.75, 3.05) is 6.54 Å². The van der Waals surface area contributed by atoms with E-state index in [0.717, 1.165) is 17.8 Å². The highest BCUT2D eigenvalue weighted by Gasteiger charge is 2.27. The lowest BCUT2D eigenvalue weighted by Crippen LogP contribution is -2.16. The summed E-state index contributed by atoms with van der Waals surface area (Å²) in [6, 6.07) is 38.0. The van der Waals surface area contributed by atoms with E-state index in [9.17, 15) is 0 Å². The molecule has 0 radical (unpaired) electrons. The molecule has 0 amide bonds. The molecular formula is C35H30N2. The van der Waals surface area contributed by atoms with E-state index in [-0.39, 0.29) is 5.92 Å². The lowest BCUT2D eigenvalue weighted by atomic mass is 9.78. The molecule has 1 fully saturated rings. The van der Waals surface area contributed by atoms with Crippen LogP contribution in [0.4, 0.5) is 0 Å². The molecule has 0 bridgehead atoms. The highest BCUT2D eigenvalue weighted by atomic mass is 15.1. The first-order chi connectivity index (χ1) is 18.2. The SMILES string of the molecule is CC1C=C(N)C(c2cc([C@@H]3CN3)cc3ccccc23)=CC1c1cccc(-c2cccc3ccccc23)c1. The number of fused-ring (bicyclic) bond motifs is 2. The predicted octanol–water partition coefficient (Wildman–Crippen LogP) is 7.96. The molecule has 2 unspecified atom stereocenters. The minimum absolute atomic E-state index is 0.249. The molecule has 0 spiro atoms. The van der Waals surface area contributed by atoms with Crippen molar-refractivity contribution in [2.24, 2.45) is 11.7 Å². The van der Waals surface area contributed by atoms with Gasteiger partial charge in [-0.2, -0.15) is 0 Å². The van der Waals surface area contributed by atoms with E-state index in [1.54, 1.807) is 0 Å². The summed E-state index contributed by atoms with van der Waals surface area (Å²) in [7, 11) is 0. The Labute approximate surface area is 218 Å². The first-order valence-electron chi connectivity index (χ1n) is 13.2. The summed E-state index contributed by atoms with van der Waals surface area (Å²) in [5.74, 6) is 0.560. The van der Waals surface area contributed by atoms with Crippen molar-refractivity contribution in [3.05, 3.63) is 138 Å². The highest BCUT2D eigenvalue weighted by Crippen LogP contribution is 2.41. The Morgan fingerprint density at radius 1 is 0.676 bits per heavy atom. The van der Waals surface area contributed by atoms with E-state index in [4.69, 9.17) is 5.73 Å². The lowest BCUT2D eigenvalue weighted by Gasteiger charge is -2.27. The van der Waals surface area contributed by atoms with Crippen molar-refractivity contribution >= 4 is 27.1 Å². The van der Waals surface area contributed by atoms with Gasteiger partial charge in [0.15, 0.2) is 0 Å². The van der Waals surface area contributed by atoms with Crippen LogP contribution in [-0.2, 0) is 0 Å². The van der Waals surface area contributed by atoms with Gasteiger partial charge in [-0.25, -0.2) is 0 Å². The Morgan fingerprint density at radius 2 is 1.38 bits per heavy atom. The Kier molecular flexibility index (Phi) is 5.23. The predicted molar refractivity (Wildman–Crippen MR) is 156 cm³/mol. The molecule has 37 heavy (non-hydrogen) atoms. The van der Waals surface area contributed by atoms with Crippen LogP contribution in [-0.4, -0.2) is 6.54 Å². The highest BCUT2D eigenvalue weighted by molar-refractivity contribution is 5.99. The Bertz CT molecular complexity index is 1720. The summed E-state index contributed by atoms with van der Waals surface area (Å²) < 4.78 is 0. The lowest BCUT2D eigenvalue weighted by molar-refractivity contribution is 0.632. The molecule has 1 heterocycles. The molecule has 1 aliphatic carbocycles. The van der Waals surface area contributed by atoms with Crippen molar-refractivity contribution in [3.63, 3.8) is 0 Å². The fourth-order valence-corrected chi connectivity index (χ4v) is 5.99. The maximum absolute atomic E-state index is 6.73. The summed E-state index contributed by atoms with van der Waals surface area (Å²) in [5.41, 5.74) is 15.2. The first kappa shape index (κ1) is 22.1. The van der Waals surface area contributed by atoms with E-state index in [1.807, 2.05) is 0 Å². The first-order valence-corrected chi connectivity index (χ1v) is 13.2. The van der Waals surface area contributed by atoms with Crippen molar-refractivity contribution in [3.8, 4) is 11.1 Å². The fraction of sp³-hybridized carbons (Fsp3) is 0.143. The standard InChI is InChI=1S/C35H30N2/c1-22-16-34(36)33(32-19-27(35-21-37-35)18-24-9-3-5-14-30(24)32)20-31(22)26-12-6-11-25(17-26)29-15-7-10-23-8-2-4-13-28(23)29/h2-20,22,31,35,37H,21,36H2,1H3/t22?,31?,35-/m0/s1. The third kappa shape index (κ3) is 3.94. The minimum atomic E-state index is 0.249. The number of hydrogen-bond donors (Lipinski definition) is 2. The molecule has 1 aliphatic heterocycles. The Morgan fingerprint density at radius 3 is 2.19 bits per heavy atom. The van der Waals surface area contributed by atoms with Gasteiger partial charge < -0.3 is 11.1 Å². The van der Waals surface area contributed by atoms with Crippen LogP contribution in [0.25, 0.3) is 38.2 Å². The van der Waals surface area contributed by atoms with Crippen LogP contribution >= 0.6 is 0 Å². The Hall–Kier alpha value is -4.14. The van der Waals surface area contributed by atoms with Gasteiger partial charge in [0.2, 0.25) is 0 Å². The van der Waals surface area contributed by atoms with Crippen LogP contribution in [0, 0.1) is 5.92 Å². The second kappa shape index (κ2) is 8.76. The summed E-state index contributed by atoms with van der Waals surface area (Å²) in [6.07, 6.45) is 4.66. The van der Waals surface area contributed by atoms with Gasteiger partial charge in [0.25, 0.3) is 0 Å². The van der Waals surface area contributed by atoms with Gasteiger partial charge in [0.1, 0.15) is 0 Å². The topological polar surface area (TPSA) is 48.0 Å². The number of hydrogen-bond acceptors (Lipinski definition) is 2. The van der Waals surface area contributed by atoms with Gasteiger partial charge in [-0.15, -0.1) is 0 Å². The summed E-state index contributed by atoms with van der Waals surface area (Å²) in [6.45, 7) is 3.32. The molecule has 3 N–H and O–H groups in total. The maximum atomic E-state index is 6.73. The normalized spacial score (nSPS) is 21.1. The van der Waals surface area contributed by atoms with E-state index < -0.39 is 0 Å². The van der Waals surface area contributed by atoms with E-state index in [1.165, 1.54) is 49.4 Å². The second-order valence-electron chi connectivity index (χ2n) is 10.5. The molecule has 0 aromatic heterocycles. The van der Waals surface area contributed by atoms with E-state index in [0.29, 0.717) is 12.0 Å². The van der Waals surface area contributed by atoms with Crippen molar-refractivity contribution in [2.45, 2.75) is 18.9 Å². The molecule has 0 saturated carbocycles. The van der Waals surface area contributed by atoms with Gasteiger partial charge in [-0.3, -0.25) is 0 Å². The molecule has 180 valence electrons. The number of allylic oxidation sites excluding steroid dienone is 3. The third-order valence-corrected chi connectivity index (χ3v) is 8.02. The van der Waals surface area contributed by atoms with Crippen LogP contribution in [0.3, 0.4) is 0 Å². The number of nitrogens with two attached hydrogens (primary N) is 1. The third-order valence-electron chi connectivity index (χ3n) is 8.02. The Balaban J connectivity index is 1.35.